The monoisotopic (exact) mass is 404 g/mol. The molecule has 0 radical (unpaired) electrons. The lowest BCUT2D eigenvalue weighted by molar-refractivity contribution is -0.121. The van der Waals surface area contributed by atoms with Crippen LogP contribution in [-0.2, 0) is 11.3 Å². The van der Waals surface area contributed by atoms with Gasteiger partial charge in [0.05, 0.1) is 12.5 Å². The average Bonchev–Trinajstić information content (AvgIpc) is 3.23. The number of carbonyl (C=O) groups excluding carboxylic acids is 1. The van der Waals surface area contributed by atoms with Crippen molar-refractivity contribution in [1.82, 2.24) is 15.0 Å². The lowest BCUT2D eigenvalue weighted by Crippen LogP contribution is -2.40. The summed E-state index contributed by atoms with van der Waals surface area (Å²) in [6, 6.07) is 17.9. The zero-order chi connectivity index (χ0) is 20.9. The summed E-state index contributed by atoms with van der Waals surface area (Å²) in [5.74, 6) is 1.72. The first-order valence-electron chi connectivity index (χ1n) is 10.6. The van der Waals surface area contributed by atoms with E-state index in [1.54, 1.807) is 0 Å². The van der Waals surface area contributed by atoms with Gasteiger partial charge in [-0.3, -0.25) is 9.69 Å². The summed E-state index contributed by atoms with van der Waals surface area (Å²) in [4.78, 5) is 19.4. The third kappa shape index (κ3) is 4.94. The molecule has 30 heavy (non-hydrogen) atoms. The van der Waals surface area contributed by atoms with Crippen LogP contribution in [0.1, 0.15) is 44.1 Å². The lowest BCUT2D eigenvalue weighted by atomic mass is 9.97. The minimum absolute atomic E-state index is 0.0371. The molecule has 2 aromatic carbocycles. The van der Waals surface area contributed by atoms with Crippen LogP contribution in [0.3, 0.4) is 0 Å². The Morgan fingerprint density at radius 1 is 1.17 bits per heavy atom. The lowest BCUT2D eigenvalue weighted by Gasteiger charge is -2.30. The largest absolute Gasteiger partial charge is 0.338 e. The van der Waals surface area contributed by atoms with E-state index in [0.717, 1.165) is 30.6 Å². The fourth-order valence-electron chi connectivity index (χ4n) is 3.82. The van der Waals surface area contributed by atoms with Crippen molar-refractivity contribution in [2.45, 2.75) is 39.2 Å². The second-order valence-electron chi connectivity index (χ2n) is 8.22. The van der Waals surface area contributed by atoms with Crippen molar-refractivity contribution in [2.75, 3.05) is 18.4 Å². The first-order valence-corrected chi connectivity index (χ1v) is 10.6. The summed E-state index contributed by atoms with van der Waals surface area (Å²) < 4.78 is 5.49. The van der Waals surface area contributed by atoms with Gasteiger partial charge in [0.1, 0.15) is 0 Å². The van der Waals surface area contributed by atoms with Gasteiger partial charge in [0.15, 0.2) is 0 Å². The number of amides is 1. The van der Waals surface area contributed by atoms with Crippen molar-refractivity contribution >= 4 is 11.6 Å². The molecule has 1 aromatic heterocycles. The van der Waals surface area contributed by atoms with Crippen LogP contribution in [0.5, 0.6) is 0 Å². The molecule has 1 fully saturated rings. The minimum atomic E-state index is -0.0371. The normalized spacial score (nSPS) is 17.2. The van der Waals surface area contributed by atoms with Crippen LogP contribution < -0.4 is 5.32 Å². The molecule has 0 aliphatic carbocycles. The molecule has 1 saturated heterocycles. The predicted molar refractivity (Wildman–Crippen MR) is 117 cm³/mol. The molecule has 1 aliphatic rings. The number of benzene rings is 2. The quantitative estimate of drug-likeness (QED) is 0.644. The Morgan fingerprint density at radius 2 is 1.93 bits per heavy atom. The van der Waals surface area contributed by atoms with Crippen LogP contribution >= 0.6 is 0 Å². The summed E-state index contributed by atoms with van der Waals surface area (Å²) in [6.07, 6.45) is 1.87. The smallest absolute Gasteiger partial charge is 0.241 e. The molecule has 2 heterocycles. The highest BCUT2D eigenvalue weighted by Crippen LogP contribution is 2.23. The van der Waals surface area contributed by atoms with Crippen molar-refractivity contribution in [2.24, 2.45) is 5.92 Å². The maximum atomic E-state index is 12.6. The molecule has 0 bridgehead atoms. The fraction of sp³-hybridized carbons (Fsp3) is 0.375. The highest BCUT2D eigenvalue weighted by atomic mass is 16.5. The van der Waals surface area contributed by atoms with Gasteiger partial charge in [-0.25, -0.2) is 0 Å². The van der Waals surface area contributed by atoms with Gasteiger partial charge in [-0.1, -0.05) is 61.5 Å². The van der Waals surface area contributed by atoms with E-state index in [1.807, 2.05) is 42.5 Å². The molecule has 4 rings (SSSR count). The Kier molecular flexibility index (Phi) is 6.23. The van der Waals surface area contributed by atoms with Crippen molar-refractivity contribution in [3.63, 3.8) is 0 Å². The van der Waals surface area contributed by atoms with Crippen LogP contribution in [0.25, 0.3) is 11.4 Å². The topological polar surface area (TPSA) is 71.3 Å². The number of anilines is 1. The van der Waals surface area contributed by atoms with Crippen LogP contribution in [-0.4, -0.2) is 34.0 Å². The second-order valence-corrected chi connectivity index (χ2v) is 8.22. The van der Waals surface area contributed by atoms with Gasteiger partial charge in [-0.05, 0) is 43.0 Å². The van der Waals surface area contributed by atoms with Crippen molar-refractivity contribution in [1.29, 1.82) is 0 Å². The Balaban J connectivity index is 1.36. The zero-order valence-electron chi connectivity index (χ0n) is 17.5. The van der Waals surface area contributed by atoms with Crippen molar-refractivity contribution in [3.8, 4) is 11.4 Å². The number of para-hydroxylation sites is 1. The van der Waals surface area contributed by atoms with Gasteiger partial charge in [-0.15, -0.1) is 0 Å². The average molecular weight is 405 g/mol. The SMILES string of the molecule is CC(C)c1ccc(-c2noc(CN3CCC[C@@H](C(=O)Nc4ccccc4)C3)n2)cc1. The molecule has 6 nitrogen and oxygen atoms in total. The van der Waals surface area contributed by atoms with Gasteiger partial charge in [0, 0.05) is 17.8 Å². The summed E-state index contributed by atoms with van der Waals surface area (Å²) >= 11 is 0. The first-order chi connectivity index (χ1) is 14.6. The van der Waals surface area contributed by atoms with Gasteiger partial charge in [0.25, 0.3) is 0 Å². The molecule has 156 valence electrons. The Morgan fingerprint density at radius 3 is 2.67 bits per heavy atom. The molecule has 0 spiro atoms. The number of carbonyl (C=O) groups is 1. The number of likely N-dealkylation sites (tertiary alicyclic amines) is 1. The number of hydrogen-bond acceptors (Lipinski definition) is 5. The maximum absolute atomic E-state index is 12.6. The maximum Gasteiger partial charge on any atom is 0.241 e. The summed E-state index contributed by atoms with van der Waals surface area (Å²) in [5, 5.41) is 7.16. The van der Waals surface area contributed by atoms with E-state index in [9.17, 15) is 4.79 Å². The Labute approximate surface area is 177 Å². The zero-order valence-corrected chi connectivity index (χ0v) is 17.5. The van der Waals surface area contributed by atoms with E-state index < -0.39 is 0 Å². The molecule has 1 atom stereocenters. The summed E-state index contributed by atoms with van der Waals surface area (Å²) in [6.45, 7) is 6.53. The minimum Gasteiger partial charge on any atom is -0.338 e. The highest BCUT2D eigenvalue weighted by molar-refractivity contribution is 5.92. The summed E-state index contributed by atoms with van der Waals surface area (Å²) in [7, 11) is 0. The van der Waals surface area contributed by atoms with Gasteiger partial charge >= 0.3 is 0 Å². The number of rotatable bonds is 6. The molecule has 1 aliphatic heterocycles. The van der Waals surface area contributed by atoms with Crippen LogP contribution in [0.4, 0.5) is 5.69 Å². The van der Waals surface area contributed by atoms with E-state index in [0.29, 0.717) is 30.7 Å². The fourth-order valence-corrected chi connectivity index (χ4v) is 3.82. The van der Waals surface area contributed by atoms with Gasteiger partial charge < -0.3 is 9.84 Å². The Hall–Kier alpha value is -2.99. The molecular formula is C24H28N4O2. The molecular weight excluding hydrogens is 376 g/mol. The number of nitrogens with zero attached hydrogens (tertiary/aromatic N) is 3. The Bertz CT molecular complexity index is 966. The van der Waals surface area contributed by atoms with Crippen LogP contribution in [0.15, 0.2) is 59.1 Å². The van der Waals surface area contributed by atoms with Crippen LogP contribution in [0, 0.1) is 5.92 Å². The number of aromatic nitrogens is 2. The molecule has 3 aromatic rings. The van der Waals surface area contributed by atoms with E-state index in [2.05, 4.69) is 46.3 Å². The standard InChI is InChI=1S/C24H28N4O2/c1-17(2)18-10-12-19(13-11-18)23-26-22(30-27-23)16-28-14-6-7-20(15-28)24(29)25-21-8-4-3-5-9-21/h3-5,8-13,17,20H,6-7,14-16H2,1-2H3,(H,25,29)/t20-/m1/s1. The van der Waals surface area contributed by atoms with E-state index >= 15 is 0 Å². The molecule has 1 N–H and O–H groups in total. The van der Waals surface area contributed by atoms with Gasteiger partial charge in [0.2, 0.25) is 17.6 Å². The third-order valence-corrected chi connectivity index (χ3v) is 5.58. The van der Waals surface area contributed by atoms with Gasteiger partial charge in [-0.2, -0.15) is 4.98 Å². The van der Waals surface area contributed by atoms with E-state index in [-0.39, 0.29) is 11.8 Å². The molecule has 1 amide bonds. The van der Waals surface area contributed by atoms with E-state index in [1.165, 1.54) is 5.56 Å². The predicted octanol–water partition coefficient (Wildman–Crippen LogP) is 4.71. The van der Waals surface area contributed by atoms with Crippen molar-refractivity contribution in [3.05, 3.63) is 66.1 Å². The number of hydrogen-bond donors (Lipinski definition) is 1. The molecule has 6 heteroatoms. The van der Waals surface area contributed by atoms with Crippen LogP contribution in [0.2, 0.25) is 0 Å². The number of piperidine rings is 1. The van der Waals surface area contributed by atoms with E-state index in [4.69, 9.17) is 4.52 Å². The number of nitrogens with one attached hydrogen (secondary N) is 1. The first kappa shape index (κ1) is 20.3. The highest BCUT2D eigenvalue weighted by Gasteiger charge is 2.27. The molecule has 0 saturated carbocycles. The second kappa shape index (κ2) is 9.22. The van der Waals surface area contributed by atoms with Crippen molar-refractivity contribution < 1.29 is 9.32 Å². The molecule has 0 unspecified atom stereocenters. The third-order valence-electron chi connectivity index (χ3n) is 5.58. The summed E-state index contributed by atoms with van der Waals surface area (Å²) in [5.41, 5.74) is 3.08.